The van der Waals surface area contributed by atoms with E-state index in [1.165, 1.54) is 12.4 Å². The number of hydrogen-bond donors (Lipinski definition) is 3. The lowest BCUT2D eigenvalue weighted by Crippen LogP contribution is -2.26. The molecule has 0 radical (unpaired) electrons. The average Bonchev–Trinajstić information content (AvgIpc) is 2.39. The molecule has 19 heavy (non-hydrogen) atoms. The van der Waals surface area contributed by atoms with Crippen LogP contribution >= 0.6 is 12.2 Å². The minimum absolute atomic E-state index is 0.0844. The largest absolute Gasteiger partial charge is 0.338 e. The highest BCUT2D eigenvalue weighted by Crippen LogP contribution is 1.93. The maximum Gasteiger partial charge on any atom is 0.278 e. The van der Waals surface area contributed by atoms with Crippen molar-refractivity contribution in [1.29, 1.82) is 0 Å². The summed E-state index contributed by atoms with van der Waals surface area (Å²) in [7, 11) is 0. The van der Waals surface area contributed by atoms with Crippen LogP contribution in [0.4, 0.5) is 0 Å². The van der Waals surface area contributed by atoms with Gasteiger partial charge in [-0.15, -0.1) is 0 Å². The molecule has 0 aliphatic rings. The van der Waals surface area contributed by atoms with Gasteiger partial charge in [-0.25, -0.2) is 5.43 Å². The van der Waals surface area contributed by atoms with E-state index >= 15 is 0 Å². The third-order valence-corrected chi connectivity index (χ3v) is 2.46. The summed E-state index contributed by atoms with van der Waals surface area (Å²) in [5.41, 5.74) is 2.46. The van der Waals surface area contributed by atoms with Crippen molar-refractivity contribution in [2.45, 2.75) is 0 Å². The zero-order valence-corrected chi connectivity index (χ0v) is 10.5. The van der Waals surface area contributed by atoms with Crippen LogP contribution in [0.2, 0.25) is 0 Å². The molecule has 2 aromatic rings. The number of carbonyl (C=O) groups is 1. The lowest BCUT2D eigenvalue weighted by Gasteiger charge is -1.98. The summed E-state index contributed by atoms with van der Waals surface area (Å²) in [5.74, 6) is -0.611. The highest BCUT2D eigenvalue weighted by atomic mass is 32.1. The number of hydrogen-bond acceptors (Lipinski definition) is 4. The molecule has 0 saturated carbocycles. The summed E-state index contributed by atoms with van der Waals surface area (Å²) in [6, 6.07) is 9.25. The molecule has 7 heteroatoms. The summed E-state index contributed by atoms with van der Waals surface area (Å²) in [6.45, 7) is 0. The van der Waals surface area contributed by atoms with Gasteiger partial charge in [0.25, 0.3) is 11.5 Å². The maximum atomic E-state index is 11.7. The molecule has 0 unspecified atom stereocenters. The summed E-state index contributed by atoms with van der Waals surface area (Å²) in [6.07, 6.45) is 2.73. The molecule has 1 heterocycles. The number of nitrogens with one attached hydrogen (secondary N) is 3. The van der Waals surface area contributed by atoms with Crippen molar-refractivity contribution in [3.63, 3.8) is 0 Å². The molecule has 2 rings (SSSR count). The van der Waals surface area contributed by atoms with Crippen LogP contribution in [0.15, 0.2) is 46.4 Å². The first-order valence-corrected chi connectivity index (χ1v) is 5.78. The van der Waals surface area contributed by atoms with E-state index < -0.39 is 11.5 Å². The van der Waals surface area contributed by atoms with Gasteiger partial charge in [0.15, 0.2) is 4.77 Å². The molecule has 0 aliphatic heterocycles. The van der Waals surface area contributed by atoms with E-state index in [1.54, 1.807) is 0 Å². The van der Waals surface area contributed by atoms with Crippen LogP contribution in [0.3, 0.4) is 0 Å². The van der Waals surface area contributed by atoms with E-state index in [-0.39, 0.29) is 10.3 Å². The van der Waals surface area contributed by atoms with Crippen LogP contribution in [0, 0.1) is 4.77 Å². The van der Waals surface area contributed by atoms with Crippen molar-refractivity contribution < 1.29 is 4.79 Å². The van der Waals surface area contributed by atoms with Gasteiger partial charge in [-0.3, -0.25) is 14.6 Å². The van der Waals surface area contributed by atoms with E-state index in [0.717, 1.165) is 5.56 Å². The number of aromatic nitrogens is 2. The maximum absolute atomic E-state index is 11.7. The predicted octanol–water partition coefficient (Wildman–Crippen LogP) is 1.20. The second-order valence-electron chi connectivity index (χ2n) is 3.60. The van der Waals surface area contributed by atoms with Gasteiger partial charge >= 0.3 is 0 Å². The highest BCUT2D eigenvalue weighted by Gasteiger charge is 2.08. The zero-order valence-electron chi connectivity index (χ0n) is 9.71. The Hall–Kier alpha value is -2.54. The van der Waals surface area contributed by atoms with E-state index in [4.69, 9.17) is 12.2 Å². The van der Waals surface area contributed by atoms with E-state index in [9.17, 15) is 9.59 Å². The van der Waals surface area contributed by atoms with Gasteiger partial charge in [-0.05, 0) is 17.8 Å². The average molecular weight is 274 g/mol. The number of hydrazone groups is 1. The van der Waals surface area contributed by atoms with Gasteiger partial charge in [0, 0.05) is 6.20 Å². The standard InChI is InChI=1S/C12H10N4O2S/c17-10-9(7-13-12(19)15-10)11(18)16-14-6-8-4-2-1-3-5-8/h1-7H,(H,16,18)(H2,13,15,17,19). The third-order valence-electron chi connectivity index (χ3n) is 2.24. The number of benzene rings is 1. The van der Waals surface area contributed by atoms with Gasteiger partial charge in [0.1, 0.15) is 5.56 Å². The van der Waals surface area contributed by atoms with E-state index in [1.807, 2.05) is 30.3 Å². The SMILES string of the molecule is O=C(NN=Cc1ccccc1)c1c[nH]c(=S)[nH]c1=O. The fraction of sp³-hybridized carbons (Fsp3) is 0. The molecular formula is C12H10N4O2S. The number of amides is 1. The van der Waals surface area contributed by atoms with Crippen LogP contribution in [-0.2, 0) is 0 Å². The van der Waals surface area contributed by atoms with E-state index in [2.05, 4.69) is 20.5 Å². The van der Waals surface area contributed by atoms with Crippen molar-refractivity contribution in [1.82, 2.24) is 15.4 Å². The van der Waals surface area contributed by atoms with Crippen molar-refractivity contribution in [3.05, 3.63) is 62.8 Å². The van der Waals surface area contributed by atoms with Crippen LogP contribution < -0.4 is 11.0 Å². The Morgan fingerprint density at radius 2 is 2.05 bits per heavy atom. The Bertz CT molecular complexity index is 718. The number of carbonyl (C=O) groups excluding carboxylic acids is 1. The topological polar surface area (TPSA) is 90.1 Å². The van der Waals surface area contributed by atoms with Crippen LogP contribution in [0.5, 0.6) is 0 Å². The summed E-state index contributed by atoms with van der Waals surface area (Å²) in [5, 5.41) is 3.76. The quantitative estimate of drug-likeness (QED) is 0.446. The third kappa shape index (κ3) is 3.46. The number of rotatable bonds is 3. The molecular weight excluding hydrogens is 264 g/mol. The van der Waals surface area contributed by atoms with Gasteiger partial charge in [-0.1, -0.05) is 30.3 Å². The normalized spacial score (nSPS) is 10.5. The molecule has 0 saturated heterocycles. The van der Waals surface area contributed by atoms with Crippen LogP contribution in [-0.4, -0.2) is 22.1 Å². The fourth-order valence-corrected chi connectivity index (χ4v) is 1.49. The van der Waals surface area contributed by atoms with Crippen molar-refractivity contribution in [2.24, 2.45) is 5.10 Å². The van der Waals surface area contributed by atoms with Crippen molar-refractivity contribution in [3.8, 4) is 0 Å². The molecule has 6 nitrogen and oxygen atoms in total. The Kier molecular flexibility index (Phi) is 3.99. The Morgan fingerprint density at radius 1 is 1.32 bits per heavy atom. The molecule has 96 valence electrons. The molecule has 3 N–H and O–H groups in total. The highest BCUT2D eigenvalue weighted by molar-refractivity contribution is 7.71. The van der Waals surface area contributed by atoms with Gasteiger partial charge in [0.2, 0.25) is 0 Å². The monoisotopic (exact) mass is 274 g/mol. The zero-order chi connectivity index (χ0) is 13.7. The molecule has 0 fully saturated rings. The minimum Gasteiger partial charge on any atom is -0.338 e. The number of H-pyrrole nitrogens is 2. The second kappa shape index (κ2) is 5.87. The predicted molar refractivity (Wildman–Crippen MR) is 73.7 cm³/mol. The van der Waals surface area contributed by atoms with Gasteiger partial charge < -0.3 is 4.98 Å². The summed E-state index contributed by atoms with van der Waals surface area (Å²) < 4.78 is 0.161. The molecule has 0 spiro atoms. The lowest BCUT2D eigenvalue weighted by atomic mass is 10.2. The Labute approximate surface area is 113 Å². The van der Waals surface area contributed by atoms with Gasteiger partial charge in [-0.2, -0.15) is 5.10 Å². The first-order valence-electron chi connectivity index (χ1n) is 5.37. The molecule has 0 aliphatic carbocycles. The number of nitrogens with zero attached hydrogens (tertiary/aromatic N) is 1. The first-order chi connectivity index (χ1) is 9.16. The second-order valence-corrected chi connectivity index (χ2v) is 4.00. The first kappa shape index (κ1) is 12.9. The Morgan fingerprint density at radius 3 is 2.74 bits per heavy atom. The Balaban J connectivity index is 2.08. The fourth-order valence-electron chi connectivity index (χ4n) is 1.34. The van der Waals surface area contributed by atoms with Crippen molar-refractivity contribution in [2.75, 3.05) is 0 Å². The number of aromatic amines is 2. The summed E-state index contributed by atoms with van der Waals surface area (Å²) >= 11 is 4.72. The lowest BCUT2D eigenvalue weighted by molar-refractivity contribution is 0.0953. The minimum atomic E-state index is -0.611. The van der Waals surface area contributed by atoms with Gasteiger partial charge in [0.05, 0.1) is 6.21 Å². The van der Waals surface area contributed by atoms with Crippen LogP contribution in [0.25, 0.3) is 0 Å². The van der Waals surface area contributed by atoms with Crippen LogP contribution in [0.1, 0.15) is 15.9 Å². The molecule has 1 aromatic heterocycles. The van der Waals surface area contributed by atoms with Crippen molar-refractivity contribution >= 4 is 24.3 Å². The molecule has 1 aromatic carbocycles. The molecule has 1 amide bonds. The smallest absolute Gasteiger partial charge is 0.278 e. The molecule has 0 bridgehead atoms. The molecule has 0 atom stereocenters. The summed E-state index contributed by atoms with van der Waals surface area (Å²) in [4.78, 5) is 28.0. The van der Waals surface area contributed by atoms with E-state index in [0.29, 0.717) is 0 Å².